The molecule has 0 spiro atoms. The van der Waals surface area contributed by atoms with Crippen LogP contribution in [0, 0.1) is 0 Å². The van der Waals surface area contributed by atoms with Gasteiger partial charge in [-0.25, -0.2) is 0 Å². The highest BCUT2D eigenvalue weighted by atomic mass is 32.1. The number of amides is 1. The second-order valence-electron chi connectivity index (χ2n) is 7.61. The lowest BCUT2D eigenvalue weighted by Crippen LogP contribution is -2.18. The van der Waals surface area contributed by atoms with E-state index in [1.54, 1.807) is 0 Å². The van der Waals surface area contributed by atoms with E-state index in [1.807, 2.05) is 24.3 Å². The number of benzene rings is 2. The Balaban J connectivity index is 1.58. The first-order chi connectivity index (χ1) is 14.2. The van der Waals surface area contributed by atoms with Gasteiger partial charge >= 0.3 is 0 Å². The van der Waals surface area contributed by atoms with E-state index in [-0.39, 0.29) is 5.91 Å². The Kier molecular flexibility index (Phi) is 4.87. The average molecular weight is 409 g/mol. The number of hydrogen-bond donors (Lipinski definition) is 0. The summed E-state index contributed by atoms with van der Waals surface area (Å²) < 4.78 is 14.6. The molecule has 5 rings (SSSR count). The first-order valence-electron chi connectivity index (χ1n) is 10.4. The molecule has 3 aromatic rings. The van der Waals surface area contributed by atoms with Gasteiger partial charge in [-0.3, -0.25) is 4.79 Å². The van der Waals surface area contributed by atoms with Gasteiger partial charge in [0.2, 0.25) is 0 Å². The van der Waals surface area contributed by atoms with Crippen LogP contribution in [-0.2, 0) is 19.4 Å². The number of carbonyl (C=O) groups excluding carboxylic acids is 1. The lowest BCUT2D eigenvalue weighted by atomic mass is 9.90. The van der Waals surface area contributed by atoms with Crippen LogP contribution in [0.5, 0.6) is 11.5 Å². The van der Waals surface area contributed by atoms with Gasteiger partial charge in [0.05, 0.1) is 10.2 Å². The van der Waals surface area contributed by atoms with Crippen LogP contribution in [0.25, 0.3) is 10.2 Å². The monoisotopic (exact) mass is 408 g/mol. The van der Waals surface area contributed by atoms with E-state index in [2.05, 4.69) is 22.5 Å². The van der Waals surface area contributed by atoms with Crippen LogP contribution in [0.4, 0.5) is 0 Å². The topological polar surface area (TPSA) is 52.8 Å². The summed E-state index contributed by atoms with van der Waals surface area (Å²) in [5.41, 5.74) is 4.40. The minimum Gasteiger partial charge on any atom is -0.486 e. The summed E-state index contributed by atoms with van der Waals surface area (Å²) in [7, 11) is 0. The van der Waals surface area contributed by atoms with Gasteiger partial charge in [0.1, 0.15) is 13.2 Å². The van der Waals surface area contributed by atoms with Gasteiger partial charge in [0.15, 0.2) is 16.3 Å². The quantitative estimate of drug-likeness (QED) is 0.641. The predicted molar refractivity (Wildman–Crippen MR) is 114 cm³/mol. The molecule has 1 amide bonds. The highest BCUT2D eigenvalue weighted by Gasteiger charge is 2.17. The van der Waals surface area contributed by atoms with Crippen molar-refractivity contribution in [2.24, 2.45) is 4.99 Å². The standard InChI is InChI=1S/C23H24N2O3S/c1-2-9-25-18-13-19-20(28-11-10-27-19)14-21(18)29-23(25)24-22(26)17-8-7-15-5-3-4-6-16(15)12-17/h7-8,12-14H,2-6,9-11H2,1H3. The summed E-state index contributed by atoms with van der Waals surface area (Å²) in [5, 5.41) is 0. The summed E-state index contributed by atoms with van der Waals surface area (Å²) in [5.74, 6) is 1.35. The van der Waals surface area contributed by atoms with Gasteiger partial charge in [-0.2, -0.15) is 4.99 Å². The van der Waals surface area contributed by atoms with Gasteiger partial charge in [0.25, 0.3) is 5.91 Å². The van der Waals surface area contributed by atoms with Gasteiger partial charge in [-0.1, -0.05) is 24.3 Å². The maximum Gasteiger partial charge on any atom is 0.279 e. The Labute approximate surface area is 173 Å². The lowest BCUT2D eigenvalue weighted by molar-refractivity contribution is 0.0997. The third-order valence-corrected chi connectivity index (χ3v) is 6.63. The molecule has 0 radical (unpaired) electrons. The second kappa shape index (κ2) is 7.67. The molecule has 6 heteroatoms. The molecule has 0 saturated heterocycles. The van der Waals surface area contributed by atoms with E-state index in [1.165, 1.54) is 35.3 Å². The van der Waals surface area contributed by atoms with E-state index < -0.39 is 0 Å². The van der Waals surface area contributed by atoms with E-state index in [0.717, 1.165) is 52.3 Å². The van der Waals surface area contributed by atoms with Gasteiger partial charge in [-0.05, 0) is 55.4 Å². The van der Waals surface area contributed by atoms with Crippen molar-refractivity contribution in [3.63, 3.8) is 0 Å². The molecule has 0 N–H and O–H groups in total. The number of thiazole rings is 1. The minimum atomic E-state index is -0.174. The number of aryl methyl sites for hydroxylation is 3. The van der Waals surface area contributed by atoms with Crippen LogP contribution in [0.3, 0.4) is 0 Å². The zero-order valence-corrected chi connectivity index (χ0v) is 17.4. The maximum atomic E-state index is 13.0. The molecule has 2 aromatic carbocycles. The van der Waals surface area contributed by atoms with Crippen LogP contribution < -0.4 is 14.3 Å². The summed E-state index contributed by atoms with van der Waals surface area (Å²) in [4.78, 5) is 18.2. The largest absolute Gasteiger partial charge is 0.486 e. The summed E-state index contributed by atoms with van der Waals surface area (Å²) in [6.07, 6.45) is 5.56. The number of hydrogen-bond acceptors (Lipinski definition) is 4. The third-order valence-electron chi connectivity index (χ3n) is 5.59. The minimum absolute atomic E-state index is 0.174. The van der Waals surface area contributed by atoms with Crippen LogP contribution in [0.2, 0.25) is 0 Å². The molecule has 0 atom stereocenters. The number of ether oxygens (including phenoxy) is 2. The molecule has 1 aliphatic heterocycles. The summed E-state index contributed by atoms with van der Waals surface area (Å²) >= 11 is 1.53. The fourth-order valence-electron chi connectivity index (χ4n) is 4.15. The average Bonchev–Trinajstić information content (AvgIpc) is 3.08. The molecule has 0 bridgehead atoms. The zero-order chi connectivity index (χ0) is 19.8. The van der Waals surface area contributed by atoms with Gasteiger partial charge in [0, 0.05) is 24.2 Å². The first kappa shape index (κ1) is 18.4. The van der Waals surface area contributed by atoms with Crippen molar-refractivity contribution < 1.29 is 14.3 Å². The van der Waals surface area contributed by atoms with Gasteiger partial charge in [-0.15, -0.1) is 0 Å². The molecule has 1 aromatic heterocycles. The van der Waals surface area contributed by atoms with Crippen LogP contribution in [0.1, 0.15) is 47.7 Å². The number of rotatable bonds is 3. The molecular weight excluding hydrogens is 384 g/mol. The molecular formula is C23H24N2O3S. The van der Waals surface area contributed by atoms with E-state index >= 15 is 0 Å². The Bertz CT molecular complexity index is 1160. The number of fused-ring (bicyclic) bond motifs is 3. The van der Waals surface area contributed by atoms with Crippen LogP contribution >= 0.6 is 11.3 Å². The first-order valence-corrected chi connectivity index (χ1v) is 11.2. The Morgan fingerprint density at radius 2 is 1.83 bits per heavy atom. The van der Waals surface area contributed by atoms with E-state index in [4.69, 9.17) is 9.47 Å². The molecule has 29 heavy (non-hydrogen) atoms. The second-order valence-corrected chi connectivity index (χ2v) is 8.62. The van der Waals surface area contributed by atoms with Crippen molar-refractivity contribution >= 4 is 27.5 Å². The summed E-state index contributed by atoms with van der Waals surface area (Å²) in [6, 6.07) is 10.1. The van der Waals surface area contributed by atoms with Crippen molar-refractivity contribution in [3.8, 4) is 11.5 Å². The predicted octanol–water partition coefficient (Wildman–Crippen LogP) is 4.50. The van der Waals surface area contributed by atoms with E-state index in [0.29, 0.717) is 18.8 Å². The molecule has 2 heterocycles. The smallest absolute Gasteiger partial charge is 0.279 e. The molecule has 0 unspecified atom stereocenters. The van der Waals surface area contributed by atoms with Crippen LogP contribution in [-0.4, -0.2) is 23.7 Å². The highest BCUT2D eigenvalue weighted by Crippen LogP contribution is 2.35. The molecule has 1 aliphatic carbocycles. The van der Waals surface area contributed by atoms with Crippen molar-refractivity contribution in [1.82, 2.24) is 4.57 Å². The van der Waals surface area contributed by atoms with Crippen molar-refractivity contribution in [2.45, 2.75) is 45.6 Å². The van der Waals surface area contributed by atoms with E-state index in [9.17, 15) is 4.79 Å². The fourth-order valence-corrected chi connectivity index (χ4v) is 5.21. The number of nitrogens with zero attached hydrogens (tertiary/aromatic N) is 2. The van der Waals surface area contributed by atoms with Gasteiger partial charge < -0.3 is 14.0 Å². The normalized spacial score (nSPS) is 16.1. The SMILES string of the molecule is CCCn1c(=NC(=O)c2ccc3c(c2)CCCC3)sc2cc3c(cc21)OCCO3. The molecule has 150 valence electrons. The Morgan fingerprint density at radius 3 is 2.62 bits per heavy atom. The molecule has 2 aliphatic rings. The number of aromatic nitrogens is 1. The molecule has 5 nitrogen and oxygen atoms in total. The molecule has 0 saturated carbocycles. The Hall–Kier alpha value is -2.60. The van der Waals surface area contributed by atoms with Crippen molar-refractivity contribution in [1.29, 1.82) is 0 Å². The highest BCUT2D eigenvalue weighted by molar-refractivity contribution is 7.16. The van der Waals surface area contributed by atoms with Crippen molar-refractivity contribution in [3.05, 3.63) is 51.8 Å². The fraction of sp³-hybridized carbons (Fsp3) is 0.391. The lowest BCUT2D eigenvalue weighted by Gasteiger charge is -2.18. The Morgan fingerprint density at radius 1 is 1.07 bits per heavy atom. The third kappa shape index (κ3) is 3.46. The molecule has 0 fully saturated rings. The van der Waals surface area contributed by atoms with Crippen LogP contribution in [0.15, 0.2) is 35.3 Å². The number of carbonyl (C=O) groups is 1. The summed E-state index contributed by atoms with van der Waals surface area (Å²) in [6.45, 7) is 4.05. The maximum absolute atomic E-state index is 13.0. The zero-order valence-electron chi connectivity index (χ0n) is 16.6. The van der Waals surface area contributed by atoms with Crippen molar-refractivity contribution in [2.75, 3.05) is 13.2 Å².